The maximum absolute atomic E-state index is 12.3. The molecule has 1 aliphatic heterocycles. The first-order valence-electron chi connectivity index (χ1n) is 9.00. The van der Waals surface area contributed by atoms with Gasteiger partial charge in [0.2, 0.25) is 5.91 Å². The van der Waals surface area contributed by atoms with E-state index < -0.39 is 0 Å². The van der Waals surface area contributed by atoms with Gasteiger partial charge in [-0.25, -0.2) is 0 Å². The summed E-state index contributed by atoms with van der Waals surface area (Å²) < 4.78 is 10.7. The molecule has 7 nitrogen and oxygen atoms in total. The van der Waals surface area contributed by atoms with Crippen molar-refractivity contribution in [3.8, 4) is 11.5 Å². The van der Waals surface area contributed by atoms with Gasteiger partial charge in [0.25, 0.3) is 5.91 Å². The lowest BCUT2D eigenvalue weighted by Gasteiger charge is -2.17. The fraction of sp³-hybridized carbons (Fsp3) is 0.286. The number of Topliss-reactive ketones (excluding diaryl/α,β-unsaturated/α-hetero) is 1. The summed E-state index contributed by atoms with van der Waals surface area (Å²) in [6.07, 6.45) is 1.38. The molecule has 2 aromatic rings. The van der Waals surface area contributed by atoms with E-state index in [4.69, 9.17) is 9.47 Å². The molecule has 1 aliphatic rings. The highest BCUT2D eigenvalue weighted by atomic mass is 16.5. The molecule has 0 bridgehead atoms. The summed E-state index contributed by atoms with van der Waals surface area (Å²) in [7, 11) is 1.51. The number of ketones is 1. The van der Waals surface area contributed by atoms with Crippen LogP contribution in [-0.2, 0) is 9.59 Å². The molecule has 2 aromatic carbocycles. The first kappa shape index (κ1) is 19.4. The molecule has 0 atom stereocenters. The summed E-state index contributed by atoms with van der Waals surface area (Å²) in [6.45, 7) is 1.85. The number of ether oxygens (including phenoxy) is 2. The number of hydrogen-bond donors (Lipinski definition) is 1. The summed E-state index contributed by atoms with van der Waals surface area (Å²) in [5.41, 5.74) is 1.71. The van der Waals surface area contributed by atoms with Gasteiger partial charge in [-0.1, -0.05) is 6.07 Å². The molecule has 1 heterocycles. The van der Waals surface area contributed by atoms with Crippen molar-refractivity contribution >= 4 is 29.0 Å². The van der Waals surface area contributed by atoms with E-state index in [1.807, 2.05) is 6.07 Å². The third kappa shape index (κ3) is 4.49. The minimum Gasteiger partial charge on any atom is -0.497 e. The topological polar surface area (TPSA) is 84.9 Å². The molecule has 2 amide bonds. The zero-order valence-corrected chi connectivity index (χ0v) is 15.9. The molecule has 1 N–H and O–H groups in total. The van der Waals surface area contributed by atoms with Crippen LogP contribution in [0.2, 0.25) is 0 Å². The van der Waals surface area contributed by atoms with Gasteiger partial charge in [-0.05, 0) is 43.7 Å². The van der Waals surface area contributed by atoms with Crippen LogP contribution in [0.3, 0.4) is 0 Å². The standard InChI is InChI=1S/C21H22N2O5/c1-14(24)18-9-8-17(27-2)12-19(18)28-13-20(25)22-15-5-3-6-16(11-15)23-10-4-7-21(23)26/h3,5-6,8-9,11-12H,4,7,10,13H2,1-2H3,(H,22,25). The van der Waals surface area contributed by atoms with E-state index in [1.54, 1.807) is 41.3 Å². The third-order valence-electron chi connectivity index (χ3n) is 4.44. The largest absolute Gasteiger partial charge is 0.497 e. The second kappa shape index (κ2) is 8.56. The maximum Gasteiger partial charge on any atom is 0.262 e. The van der Waals surface area contributed by atoms with Gasteiger partial charge in [0.1, 0.15) is 11.5 Å². The van der Waals surface area contributed by atoms with Gasteiger partial charge in [0.05, 0.1) is 12.7 Å². The lowest BCUT2D eigenvalue weighted by Crippen LogP contribution is -2.24. The summed E-state index contributed by atoms with van der Waals surface area (Å²) in [6, 6.07) is 12.0. The Bertz CT molecular complexity index is 909. The van der Waals surface area contributed by atoms with Crippen molar-refractivity contribution in [2.45, 2.75) is 19.8 Å². The minimum absolute atomic E-state index is 0.0848. The fourth-order valence-electron chi connectivity index (χ4n) is 3.05. The molecule has 1 saturated heterocycles. The molecule has 0 aromatic heterocycles. The summed E-state index contributed by atoms with van der Waals surface area (Å²) in [5.74, 6) is 0.367. The monoisotopic (exact) mass is 382 g/mol. The van der Waals surface area contributed by atoms with Gasteiger partial charge >= 0.3 is 0 Å². The number of anilines is 2. The van der Waals surface area contributed by atoms with E-state index in [0.29, 0.717) is 35.7 Å². The van der Waals surface area contributed by atoms with Gasteiger partial charge in [-0.15, -0.1) is 0 Å². The van der Waals surface area contributed by atoms with Crippen LogP contribution in [0.4, 0.5) is 11.4 Å². The van der Waals surface area contributed by atoms with Crippen molar-refractivity contribution in [1.82, 2.24) is 0 Å². The highest BCUT2D eigenvalue weighted by molar-refractivity contribution is 5.98. The Hall–Kier alpha value is -3.35. The molecule has 0 unspecified atom stereocenters. The number of nitrogens with one attached hydrogen (secondary N) is 1. The molecule has 0 spiro atoms. The highest BCUT2D eigenvalue weighted by Gasteiger charge is 2.21. The molecule has 1 fully saturated rings. The molecular weight excluding hydrogens is 360 g/mol. The van der Waals surface area contributed by atoms with E-state index in [1.165, 1.54) is 14.0 Å². The van der Waals surface area contributed by atoms with E-state index in [2.05, 4.69) is 5.32 Å². The summed E-state index contributed by atoms with van der Waals surface area (Å²) in [4.78, 5) is 37.6. The van der Waals surface area contributed by atoms with E-state index in [9.17, 15) is 14.4 Å². The quantitative estimate of drug-likeness (QED) is 0.744. The van der Waals surface area contributed by atoms with Crippen molar-refractivity contribution in [3.05, 3.63) is 48.0 Å². The smallest absolute Gasteiger partial charge is 0.262 e. The number of hydrogen-bond acceptors (Lipinski definition) is 5. The van der Waals surface area contributed by atoms with Gasteiger partial charge in [0.15, 0.2) is 12.4 Å². The van der Waals surface area contributed by atoms with Gasteiger partial charge in [-0.3, -0.25) is 14.4 Å². The van der Waals surface area contributed by atoms with Crippen molar-refractivity contribution < 1.29 is 23.9 Å². The molecular formula is C21H22N2O5. The summed E-state index contributed by atoms with van der Waals surface area (Å²) in [5, 5.41) is 2.75. The Kier molecular flexibility index (Phi) is 5.93. The third-order valence-corrected chi connectivity index (χ3v) is 4.44. The number of carbonyl (C=O) groups is 3. The van der Waals surface area contributed by atoms with Crippen LogP contribution >= 0.6 is 0 Å². The highest BCUT2D eigenvalue weighted by Crippen LogP contribution is 2.26. The molecule has 146 valence electrons. The van der Waals surface area contributed by atoms with Crippen LogP contribution in [0, 0.1) is 0 Å². The zero-order chi connectivity index (χ0) is 20.1. The molecule has 28 heavy (non-hydrogen) atoms. The van der Waals surface area contributed by atoms with Crippen LogP contribution in [-0.4, -0.2) is 37.9 Å². The molecule has 0 aliphatic carbocycles. The van der Waals surface area contributed by atoms with E-state index in [-0.39, 0.29) is 24.2 Å². The van der Waals surface area contributed by atoms with Gasteiger partial charge in [-0.2, -0.15) is 0 Å². The first-order valence-corrected chi connectivity index (χ1v) is 9.00. The number of nitrogens with zero attached hydrogens (tertiary/aromatic N) is 1. The van der Waals surface area contributed by atoms with Crippen molar-refractivity contribution in [3.63, 3.8) is 0 Å². The van der Waals surface area contributed by atoms with E-state index >= 15 is 0 Å². The average Bonchev–Trinajstić information content (AvgIpc) is 3.12. The Balaban J connectivity index is 1.65. The molecule has 0 radical (unpaired) electrons. The minimum atomic E-state index is -0.373. The van der Waals surface area contributed by atoms with Crippen LogP contribution in [0.1, 0.15) is 30.1 Å². The lowest BCUT2D eigenvalue weighted by molar-refractivity contribution is -0.118. The predicted octanol–water partition coefficient (Wildman–Crippen LogP) is 3.04. The number of carbonyl (C=O) groups excluding carboxylic acids is 3. The second-order valence-electron chi connectivity index (χ2n) is 6.45. The molecule has 3 rings (SSSR count). The number of rotatable bonds is 7. The normalized spacial score (nSPS) is 13.4. The summed E-state index contributed by atoms with van der Waals surface area (Å²) >= 11 is 0. The number of benzene rings is 2. The number of methoxy groups -OCH3 is 1. The number of amides is 2. The van der Waals surface area contributed by atoms with Crippen LogP contribution in [0.25, 0.3) is 0 Å². The Morgan fingerprint density at radius 3 is 2.68 bits per heavy atom. The van der Waals surface area contributed by atoms with Gasteiger partial charge < -0.3 is 19.7 Å². The van der Waals surface area contributed by atoms with Gasteiger partial charge in [0, 0.05) is 30.4 Å². The van der Waals surface area contributed by atoms with Crippen molar-refractivity contribution in [2.75, 3.05) is 30.5 Å². The Morgan fingerprint density at radius 1 is 1.18 bits per heavy atom. The molecule has 0 saturated carbocycles. The lowest BCUT2D eigenvalue weighted by atomic mass is 10.1. The van der Waals surface area contributed by atoms with Crippen LogP contribution < -0.4 is 19.7 Å². The van der Waals surface area contributed by atoms with Crippen LogP contribution in [0.5, 0.6) is 11.5 Å². The average molecular weight is 382 g/mol. The Labute approximate surface area is 163 Å². The Morgan fingerprint density at radius 2 is 2.00 bits per heavy atom. The second-order valence-corrected chi connectivity index (χ2v) is 6.45. The molecule has 7 heteroatoms. The maximum atomic E-state index is 12.3. The predicted molar refractivity (Wildman–Crippen MR) is 105 cm³/mol. The van der Waals surface area contributed by atoms with Crippen molar-refractivity contribution in [1.29, 1.82) is 0 Å². The fourth-order valence-corrected chi connectivity index (χ4v) is 3.05. The zero-order valence-electron chi connectivity index (χ0n) is 15.9. The first-order chi connectivity index (χ1) is 13.5. The van der Waals surface area contributed by atoms with E-state index in [0.717, 1.165) is 12.1 Å². The van der Waals surface area contributed by atoms with Crippen molar-refractivity contribution in [2.24, 2.45) is 0 Å². The van der Waals surface area contributed by atoms with Crippen LogP contribution in [0.15, 0.2) is 42.5 Å². The SMILES string of the molecule is COc1ccc(C(C)=O)c(OCC(=O)Nc2cccc(N3CCCC3=O)c2)c1.